The first-order chi connectivity index (χ1) is 10.0. The van der Waals surface area contributed by atoms with Crippen molar-refractivity contribution in [2.45, 2.75) is 13.8 Å². The van der Waals surface area contributed by atoms with Gasteiger partial charge in [0.2, 0.25) is 0 Å². The monoisotopic (exact) mass is 298 g/mol. The summed E-state index contributed by atoms with van der Waals surface area (Å²) in [7, 11) is 1.79. The summed E-state index contributed by atoms with van der Waals surface area (Å²) >= 11 is 1.40. The Kier molecular flexibility index (Phi) is 4.79. The van der Waals surface area contributed by atoms with Crippen LogP contribution < -0.4 is 10.6 Å². The van der Waals surface area contributed by atoms with Gasteiger partial charge < -0.3 is 10.6 Å². The van der Waals surface area contributed by atoms with Crippen LogP contribution >= 0.6 is 11.3 Å². The molecule has 4 heteroatoms. The lowest BCUT2D eigenvalue weighted by Gasteiger charge is -2.18. The van der Waals surface area contributed by atoms with Gasteiger partial charge in [0.15, 0.2) is 0 Å². The van der Waals surface area contributed by atoms with Crippen LogP contribution in [0.25, 0.3) is 0 Å². The Morgan fingerprint density at radius 1 is 1.29 bits per heavy atom. The number of carbonyl (C=O) groups excluding carboxylic acids is 1. The zero-order chi connectivity index (χ0) is 15.4. The molecule has 0 saturated heterocycles. The minimum absolute atomic E-state index is 0.0451. The first kappa shape index (κ1) is 15.3. The van der Waals surface area contributed by atoms with Crippen molar-refractivity contribution < 1.29 is 4.79 Å². The van der Waals surface area contributed by atoms with Crippen LogP contribution in [0.2, 0.25) is 0 Å². The molecule has 1 amide bonds. The number of nitrogens with zero attached hydrogens (tertiary/aromatic N) is 1. The SMILES string of the molecule is Cc1cc(C)cc(N(C)C(=O)c2sccc2C#CCN)c1. The minimum atomic E-state index is -0.0451. The van der Waals surface area contributed by atoms with Gasteiger partial charge in [0.25, 0.3) is 5.91 Å². The first-order valence-electron chi connectivity index (χ1n) is 6.65. The molecule has 0 atom stereocenters. The summed E-state index contributed by atoms with van der Waals surface area (Å²) in [6.07, 6.45) is 0. The third-order valence-corrected chi connectivity index (χ3v) is 3.99. The predicted molar refractivity (Wildman–Crippen MR) is 88.9 cm³/mol. The Bertz CT molecular complexity index is 702. The number of thiophene rings is 1. The van der Waals surface area contributed by atoms with Crippen LogP contribution in [0.15, 0.2) is 29.6 Å². The van der Waals surface area contributed by atoms with Crippen LogP contribution in [0.1, 0.15) is 26.4 Å². The topological polar surface area (TPSA) is 46.3 Å². The normalized spacial score (nSPS) is 9.90. The molecule has 2 aromatic rings. The van der Waals surface area contributed by atoms with Crippen molar-refractivity contribution in [1.29, 1.82) is 0 Å². The first-order valence-corrected chi connectivity index (χ1v) is 7.53. The predicted octanol–water partition coefficient (Wildman–Crippen LogP) is 2.95. The largest absolute Gasteiger partial charge is 0.320 e. The van der Waals surface area contributed by atoms with Crippen LogP contribution in [0, 0.1) is 25.7 Å². The van der Waals surface area contributed by atoms with E-state index in [4.69, 9.17) is 5.73 Å². The Labute approximate surface area is 129 Å². The highest BCUT2D eigenvalue weighted by atomic mass is 32.1. The number of nitrogens with two attached hydrogens (primary N) is 1. The summed E-state index contributed by atoms with van der Waals surface area (Å²) < 4.78 is 0. The fourth-order valence-corrected chi connectivity index (χ4v) is 2.96. The van der Waals surface area contributed by atoms with Crippen molar-refractivity contribution in [3.8, 4) is 11.8 Å². The maximum atomic E-state index is 12.7. The van der Waals surface area contributed by atoms with Gasteiger partial charge in [-0.25, -0.2) is 0 Å². The molecule has 0 unspecified atom stereocenters. The van der Waals surface area contributed by atoms with Crippen LogP contribution in [0.4, 0.5) is 5.69 Å². The summed E-state index contributed by atoms with van der Waals surface area (Å²) in [5, 5.41) is 1.88. The molecule has 0 aliphatic heterocycles. The van der Waals surface area contributed by atoms with Crippen molar-refractivity contribution in [2.24, 2.45) is 5.73 Å². The van der Waals surface area contributed by atoms with Gasteiger partial charge in [-0.05, 0) is 48.6 Å². The van der Waals surface area contributed by atoms with Crippen LogP contribution in [-0.2, 0) is 0 Å². The van der Waals surface area contributed by atoms with Gasteiger partial charge in [-0.3, -0.25) is 4.79 Å². The van der Waals surface area contributed by atoms with Crippen molar-refractivity contribution in [3.05, 3.63) is 51.2 Å². The highest BCUT2D eigenvalue weighted by molar-refractivity contribution is 7.12. The molecule has 0 radical (unpaired) electrons. The summed E-state index contributed by atoms with van der Waals surface area (Å²) in [6.45, 7) is 4.34. The molecule has 21 heavy (non-hydrogen) atoms. The lowest BCUT2D eigenvalue weighted by Crippen LogP contribution is -2.26. The van der Waals surface area contributed by atoms with E-state index in [9.17, 15) is 4.79 Å². The van der Waals surface area contributed by atoms with Gasteiger partial charge in [-0.1, -0.05) is 17.9 Å². The molecule has 3 nitrogen and oxygen atoms in total. The van der Waals surface area contributed by atoms with Gasteiger partial charge in [0.05, 0.1) is 6.54 Å². The van der Waals surface area contributed by atoms with E-state index in [2.05, 4.69) is 17.9 Å². The molecule has 1 aromatic carbocycles. The fraction of sp³-hybridized carbons (Fsp3) is 0.235. The van der Waals surface area contributed by atoms with Gasteiger partial charge in [0, 0.05) is 18.3 Å². The third kappa shape index (κ3) is 3.52. The third-order valence-electron chi connectivity index (χ3n) is 3.08. The van der Waals surface area contributed by atoms with Gasteiger partial charge in [-0.15, -0.1) is 11.3 Å². The molecule has 0 aliphatic carbocycles. The van der Waals surface area contributed by atoms with Crippen molar-refractivity contribution in [1.82, 2.24) is 0 Å². The molecule has 0 fully saturated rings. The molecule has 0 aliphatic rings. The Morgan fingerprint density at radius 3 is 2.57 bits per heavy atom. The molecule has 2 N–H and O–H groups in total. The van der Waals surface area contributed by atoms with Crippen molar-refractivity contribution >= 4 is 22.9 Å². The fourth-order valence-electron chi connectivity index (χ4n) is 2.13. The maximum absolute atomic E-state index is 12.7. The molecule has 0 bridgehead atoms. The van der Waals surface area contributed by atoms with Gasteiger partial charge in [0.1, 0.15) is 4.88 Å². The number of benzene rings is 1. The standard InChI is InChI=1S/C17H18N2OS/c1-12-9-13(2)11-15(10-12)19(3)17(20)16-14(5-4-7-18)6-8-21-16/h6,8-11H,7,18H2,1-3H3. The van der Waals surface area contributed by atoms with E-state index in [1.807, 2.05) is 37.4 Å². The second-order valence-corrected chi connectivity index (χ2v) is 5.80. The quantitative estimate of drug-likeness (QED) is 0.867. The maximum Gasteiger partial charge on any atom is 0.269 e. The van der Waals surface area contributed by atoms with Crippen LogP contribution in [-0.4, -0.2) is 19.5 Å². The molecule has 0 saturated carbocycles. The van der Waals surface area contributed by atoms with E-state index in [0.717, 1.165) is 22.4 Å². The average molecular weight is 298 g/mol. The Balaban J connectivity index is 2.33. The van der Waals surface area contributed by atoms with E-state index in [0.29, 0.717) is 4.88 Å². The van der Waals surface area contributed by atoms with E-state index in [1.54, 1.807) is 11.9 Å². The summed E-state index contributed by atoms with van der Waals surface area (Å²) in [5.74, 6) is 5.70. The van der Waals surface area contributed by atoms with E-state index < -0.39 is 0 Å². The average Bonchev–Trinajstić information content (AvgIpc) is 2.90. The number of aryl methyl sites for hydroxylation is 2. The van der Waals surface area contributed by atoms with E-state index in [1.165, 1.54) is 11.3 Å². The zero-order valence-electron chi connectivity index (χ0n) is 12.4. The smallest absolute Gasteiger partial charge is 0.269 e. The lowest BCUT2D eigenvalue weighted by molar-refractivity contribution is 0.0996. The number of anilines is 1. The molecule has 1 aromatic heterocycles. The van der Waals surface area contributed by atoms with E-state index >= 15 is 0 Å². The second kappa shape index (κ2) is 6.57. The van der Waals surface area contributed by atoms with Crippen LogP contribution in [0.3, 0.4) is 0 Å². The molecular weight excluding hydrogens is 280 g/mol. The van der Waals surface area contributed by atoms with Crippen molar-refractivity contribution in [2.75, 3.05) is 18.5 Å². The highest BCUT2D eigenvalue weighted by Gasteiger charge is 2.18. The number of carbonyl (C=O) groups is 1. The molecular formula is C17H18N2OS. The molecule has 2 rings (SSSR count). The van der Waals surface area contributed by atoms with Gasteiger partial charge in [-0.2, -0.15) is 0 Å². The molecule has 1 heterocycles. The Morgan fingerprint density at radius 2 is 1.95 bits per heavy atom. The van der Waals surface area contributed by atoms with Crippen molar-refractivity contribution in [3.63, 3.8) is 0 Å². The molecule has 108 valence electrons. The summed E-state index contributed by atoms with van der Waals surface area (Å²) in [4.78, 5) is 15.0. The van der Waals surface area contributed by atoms with Crippen LogP contribution in [0.5, 0.6) is 0 Å². The number of hydrogen-bond donors (Lipinski definition) is 1. The van der Waals surface area contributed by atoms with E-state index in [-0.39, 0.29) is 12.5 Å². The number of hydrogen-bond acceptors (Lipinski definition) is 3. The summed E-state index contributed by atoms with van der Waals surface area (Å²) in [6, 6.07) is 7.95. The Hall–Kier alpha value is -2.09. The number of rotatable bonds is 2. The second-order valence-electron chi connectivity index (χ2n) is 4.88. The van der Waals surface area contributed by atoms with Gasteiger partial charge >= 0.3 is 0 Å². The zero-order valence-corrected chi connectivity index (χ0v) is 13.3. The minimum Gasteiger partial charge on any atom is -0.320 e. The number of amides is 1. The molecule has 0 spiro atoms. The lowest BCUT2D eigenvalue weighted by atomic mass is 10.1. The summed E-state index contributed by atoms with van der Waals surface area (Å²) in [5.41, 5.74) is 9.30. The highest BCUT2D eigenvalue weighted by Crippen LogP contribution is 2.23.